The number of allylic oxidation sites excluding steroid dienone is 2. The second-order valence-electron chi connectivity index (χ2n) is 3.55. The van der Waals surface area contributed by atoms with Gasteiger partial charge in [0.05, 0.1) is 12.6 Å². The quantitative estimate of drug-likeness (QED) is 0.327. The molecule has 0 aromatic carbocycles. The van der Waals surface area contributed by atoms with Crippen LogP contribution in [0.2, 0.25) is 0 Å². The number of nitriles is 1. The summed E-state index contributed by atoms with van der Waals surface area (Å²) in [5.41, 5.74) is 0.592. The lowest BCUT2D eigenvalue weighted by molar-refractivity contribution is 0.0977. The van der Waals surface area contributed by atoms with Gasteiger partial charge in [0.15, 0.2) is 0 Å². The average Bonchev–Trinajstić information content (AvgIpc) is 2.33. The molecule has 0 N–H and O–H groups in total. The van der Waals surface area contributed by atoms with Crippen LogP contribution in [0.1, 0.15) is 20.8 Å². The SMILES string of the molecule is [B]C1=C(C)/C(=C(/C#N)[N+]#[C-])OC1(C)C. The molecule has 0 amide bonds. The molecule has 0 fully saturated rings. The Morgan fingerprint density at radius 2 is 2.21 bits per heavy atom. The van der Waals surface area contributed by atoms with Gasteiger partial charge in [-0.25, -0.2) is 10.1 Å². The third kappa shape index (κ3) is 1.40. The molecule has 14 heavy (non-hydrogen) atoms. The van der Waals surface area contributed by atoms with Gasteiger partial charge >= 0.3 is 5.70 Å². The fraction of sp³-hybridized carbons (Fsp3) is 0.400. The van der Waals surface area contributed by atoms with Gasteiger partial charge in [0.2, 0.25) is 0 Å². The monoisotopic (exact) mass is 184 g/mol. The molecule has 0 saturated carbocycles. The molecule has 2 radical (unpaired) electrons. The molecule has 0 aliphatic carbocycles. The van der Waals surface area contributed by atoms with Crippen LogP contribution in [-0.4, -0.2) is 13.4 Å². The van der Waals surface area contributed by atoms with Crippen LogP contribution < -0.4 is 0 Å². The van der Waals surface area contributed by atoms with Crippen molar-refractivity contribution in [1.29, 1.82) is 5.26 Å². The summed E-state index contributed by atoms with van der Waals surface area (Å²) in [6, 6.07) is 1.79. The van der Waals surface area contributed by atoms with Gasteiger partial charge in [0.1, 0.15) is 19.2 Å². The van der Waals surface area contributed by atoms with E-state index >= 15 is 0 Å². The number of hydrogen-bond donors (Lipinski definition) is 0. The molecule has 1 aliphatic heterocycles. The van der Waals surface area contributed by atoms with Crippen molar-refractivity contribution in [2.75, 3.05) is 0 Å². The molecule has 0 aromatic rings. The van der Waals surface area contributed by atoms with E-state index < -0.39 is 5.60 Å². The smallest absolute Gasteiger partial charge is 0.303 e. The van der Waals surface area contributed by atoms with E-state index in [9.17, 15) is 0 Å². The van der Waals surface area contributed by atoms with E-state index in [1.165, 1.54) is 0 Å². The van der Waals surface area contributed by atoms with Crippen molar-refractivity contribution in [3.63, 3.8) is 0 Å². The lowest BCUT2D eigenvalue weighted by atomic mass is 9.80. The zero-order chi connectivity index (χ0) is 10.9. The van der Waals surface area contributed by atoms with Crippen LogP contribution in [0.15, 0.2) is 22.5 Å². The summed E-state index contributed by atoms with van der Waals surface area (Å²) < 4.78 is 5.46. The van der Waals surface area contributed by atoms with Crippen LogP contribution in [-0.2, 0) is 4.74 Å². The van der Waals surface area contributed by atoms with Crippen molar-refractivity contribution in [3.8, 4) is 6.07 Å². The first kappa shape index (κ1) is 10.4. The van der Waals surface area contributed by atoms with Crippen LogP contribution in [0.4, 0.5) is 0 Å². The van der Waals surface area contributed by atoms with Gasteiger partial charge in [-0.1, -0.05) is 5.47 Å². The summed E-state index contributed by atoms with van der Waals surface area (Å²) >= 11 is 0. The molecular formula is C10H9BN2O. The fourth-order valence-corrected chi connectivity index (χ4v) is 1.31. The molecule has 0 saturated heterocycles. The van der Waals surface area contributed by atoms with Crippen LogP contribution >= 0.6 is 0 Å². The number of rotatable bonds is 0. The fourth-order valence-electron chi connectivity index (χ4n) is 1.31. The maximum atomic E-state index is 8.70. The van der Waals surface area contributed by atoms with Crippen LogP contribution in [0.3, 0.4) is 0 Å². The van der Waals surface area contributed by atoms with Crippen LogP contribution in [0.25, 0.3) is 4.85 Å². The highest BCUT2D eigenvalue weighted by Gasteiger charge is 2.33. The Kier molecular flexibility index (Phi) is 2.40. The molecule has 1 heterocycles. The standard InChI is InChI=1S/C10H9BN2O/c1-6-8(7(5-12)13-4)14-10(2,3)9(6)11/h1-3H3/b8-7+. The van der Waals surface area contributed by atoms with Gasteiger partial charge in [0.25, 0.3) is 0 Å². The normalized spacial score (nSPS) is 22.4. The van der Waals surface area contributed by atoms with Gasteiger partial charge in [-0.2, -0.15) is 0 Å². The molecule has 0 unspecified atom stereocenters. The molecule has 1 aliphatic rings. The van der Waals surface area contributed by atoms with E-state index in [4.69, 9.17) is 24.4 Å². The maximum Gasteiger partial charge on any atom is 0.303 e. The minimum Gasteiger partial charge on any atom is -0.494 e. The van der Waals surface area contributed by atoms with Crippen molar-refractivity contribution < 1.29 is 4.74 Å². The average molecular weight is 184 g/mol. The Bertz CT molecular complexity index is 402. The van der Waals surface area contributed by atoms with Gasteiger partial charge in [-0.3, -0.25) is 0 Å². The first-order valence-electron chi connectivity index (χ1n) is 4.12. The van der Waals surface area contributed by atoms with Gasteiger partial charge in [-0.05, 0) is 26.3 Å². The highest BCUT2D eigenvalue weighted by Crippen LogP contribution is 2.37. The topological polar surface area (TPSA) is 37.4 Å². The van der Waals surface area contributed by atoms with Crippen LogP contribution in [0, 0.1) is 17.9 Å². The summed E-state index contributed by atoms with van der Waals surface area (Å²) in [4.78, 5) is 3.09. The molecule has 0 bridgehead atoms. The van der Waals surface area contributed by atoms with E-state index in [1.807, 2.05) is 0 Å². The molecule has 0 aromatic heterocycles. The first-order valence-corrected chi connectivity index (χ1v) is 4.12. The van der Waals surface area contributed by atoms with E-state index in [2.05, 4.69) is 4.85 Å². The largest absolute Gasteiger partial charge is 0.494 e. The van der Waals surface area contributed by atoms with Crippen molar-refractivity contribution in [2.24, 2.45) is 0 Å². The number of hydrogen-bond acceptors (Lipinski definition) is 2. The van der Waals surface area contributed by atoms with Gasteiger partial charge in [0, 0.05) is 0 Å². The van der Waals surface area contributed by atoms with Crippen molar-refractivity contribution in [1.82, 2.24) is 0 Å². The Morgan fingerprint density at radius 3 is 2.50 bits per heavy atom. The van der Waals surface area contributed by atoms with Gasteiger partial charge < -0.3 is 4.74 Å². The molecular weight excluding hydrogens is 175 g/mol. The Labute approximate surface area is 84.9 Å². The Hall–Kier alpha value is -1.68. The van der Waals surface area contributed by atoms with Crippen molar-refractivity contribution in [3.05, 3.63) is 33.9 Å². The van der Waals surface area contributed by atoms with E-state index in [1.54, 1.807) is 26.8 Å². The molecule has 0 spiro atoms. The van der Waals surface area contributed by atoms with Crippen molar-refractivity contribution in [2.45, 2.75) is 26.4 Å². The highest BCUT2D eigenvalue weighted by molar-refractivity contribution is 6.23. The van der Waals surface area contributed by atoms with Crippen molar-refractivity contribution >= 4 is 7.85 Å². The summed E-state index contributed by atoms with van der Waals surface area (Å²) in [5.74, 6) is 0.310. The Morgan fingerprint density at radius 1 is 1.64 bits per heavy atom. The highest BCUT2D eigenvalue weighted by atomic mass is 16.5. The number of nitrogens with zero attached hydrogens (tertiary/aromatic N) is 2. The zero-order valence-corrected chi connectivity index (χ0v) is 8.38. The number of ether oxygens (including phenoxy) is 1. The molecule has 4 heteroatoms. The van der Waals surface area contributed by atoms with E-state index in [0.717, 1.165) is 0 Å². The lowest BCUT2D eigenvalue weighted by Gasteiger charge is -2.21. The van der Waals surface area contributed by atoms with Gasteiger partial charge in [-0.15, -0.1) is 0 Å². The summed E-state index contributed by atoms with van der Waals surface area (Å²) in [6.45, 7) is 12.2. The first-order chi connectivity index (χ1) is 6.44. The zero-order valence-electron chi connectivity index (χ0n) is 8.38. The third-order valence-corrected chi connectivity index (χ3v) is 2.18. The third-order valence-electron chi connectivity index (χ3n) is 2.18. The van der Waals surface area contributed by atoms with E-state index in [0.29, 0.717) is 16.8 Å². The second kappa shape index (κ2) is 3.23. The lowest BCUT2D eigenvalue weighted by Crippen LogP contribution is -2.21. The summed E-state index contributed by atoms with van der Waals surface area (Å²) in [5, 5.41) is 8.70. The molecule has 1 rings (SSSR count). The van der Waals surface area contributed by atoms with E-state index in [-0.39, 0.29) is 5.70 Å². The molecule has 3 nitrogen and oxygen atoms in total. The predicted octanol–water partition coefficient (Wildman–Crippen LogP) is 1.89. The molecule has 68 valence electrons. The molecule has 0 atom stereocenters. The summed E-state index contributed by atoms with van der Waals surface area (Å²) in [6.07, 6.45) is 0. The minimum absolute atomic E-state index is 0.0453. The summed E-state index contributed by atoms with van der Waals surface area (Å²) in [7, 11) is 5.80. The van der Waals surface area contributed by atoms with Crippen LogP contribution in [0.5, 0.6) is 0 Å². The maximum absolute atomic E-state index is 8.70. The predicted molar refractivity (Wildman–Crippen MR) is 52.9 cm³/mol. The minimum atomic E-state index is -0.619. The Balaban J connectivity index is 3.34. The second-order valence-corrected chi connectivity index (χ2v) is 3.55.